The highest BCUT2D eigenvalue weighted by molar-refractivity contribution is 7.92. The number of hydrogen-bond acceptors (Lipinski definition) is 6. The third-order valence-electron chi connectivity index (χ3n) is 5.05. The summed E-state index contributed by atoms with van der Waals surface area (Å²) in [5.74, 6) is -0.749. The maximum atomic E-state index is 12.9. The second-order valence-electron chi connectivity index (χ2n) is 7.14. The van der Waals surface area contributed by atoms with Crippen LogP contribution in [0.5, 0.6) is 0 Å². The third kappa shape index (κ3) is 4.59. The van der Waals surface area contributed by atoms with Crippen molar-refractivity contribution in [3.05, 3.63) is 89.3 Å². The van der Waals surface area contributed by atoms with Crippen LogP contribution in [0.25, 0.3) is 10.1 Å². The van der Waals surface area contributed by atoms with Crippen molar-refractivity contribution >= 4 is 54.7 Å². The molecule has 0 bridgehead atoms. The Morgan fingerprint density at radius 3 is 2.30 bits per heavy atom. The van der Waals surface area contributed by atoms with E-state index in [1.807, 2.05) is 0 Å². The van der Waals surface area contributed by atoms with Crippen LogP contribution in [0.1, 0.15) is 20.0 Å². The maximum absolute atomic E-state index is 12.9. The maximum Gasteiger partial charge on any atom is 0.337 e. The first-order valence-corrected chi connectivity index (χ1v) is 12.1. The van der Waals surface area contributed by atoms with E-state index < -0.39 is 16.0 Å². The monoisotopic (exact) mass is 480 g/mol. The van der Waals surface area contributed by atoms with Crippen LogP contribution < -0.4 is 9.62 Å². The Hall–Kier alpha value is -3.69. The molecule has 168 valence electrons. The van der Waals surface area contributed by atoms with E-state index in [-0.39, 0.29) is 10.8 Å². The first-order chi connectivity index (χ1) is 15.8. The Labute approximate surface area is 195 Å². The van der Waals surface area contributed by atoms with E-state index in [9.17, 15) is 18.0 Å². The van der Waals surface area contributed by atoms with Gasteiger partial charge in [-0.25, -0.2) is 13.2 Å². The molecule has 1 N–H and O–H groups in total. The van der Waals surface area contributed by atoms with E-state index in [0.29, 0.717) is 21.8 Å². The number of nitrogens with one attached hydrogen (secondary N) is 1. The topological polar surface area (TPSA) is 92.8 Å². The molecular formula is C24H20N2O5S2. The summed E-state index contributed by atoms with van der Waals surface area (Å²) >= 11 is 1.31. The number of carbonyl (C=O) groups excluding carboxylic acids is 2. The van der Waals surface area contributed by atoms with Gasteiger partial charge in [-0.2, -0.15) is 0 Å². The van der Waals surface area contributed by atoms with Crippen LogP contribution in [0, 0.1) is 0 Å². The van der Waals surface area contributed by atoms with Gasteiger partial charge in [0.25, 0.3) is 15.9 Å². The zero-order chi connectivity index (χ0) is 23.6. The lowest BCUT2D eigenvalue weighted by Gasteiger charge is -2.19. The molecule has 1 amide bonds. The van der Waals surface area contributed by atoms with Crippen LogP contribution >= 0.6 is 11.3 Å². The molecule has 3 aromatic carbocycles. The number of benzene rings is 3. The van der Waals surface area contributed by atoms with Gasteiger partial charge < -0.3 is 10.1 Å². The number of carbonyl (C=O) groups is 2. The number of esters is 1. The molecule has 0 saturated carbocycles. The Morgan fingerprint density at radius 1 is 0.939 bits per heavy atom. The molecule has 0 aliphatic rings. The highest BCUT2D eigenvalue weighted by Gasteiger charge is 2.21. The summed E-state index contributed by atoms with van der Waals surface area (Å²) in [6.07, 6.45) is 0. The number of fused-ring (bicyclic) bond motifs is 1. The number of ether oxygens (including phenoxy) is 1. The van der Waals surface area contributed by atoms with Gasteiger partial charge in [0.05, 0.1) is 28.1 Å². The lowest BCUT2D eigenvalue weighted by atomic mass is 10.2. The second kappa shape index (κ2) is 9.05. The van der Waals surface area contributed by atoms with Crippen molar-refractivity contribution in [3.63, 3.8) is 0 Å². The van der Waals surface area contributed by atoms with Crippen LogP contribution in [0.2, 0.25) is 0 Å². The summed E-state index contributed by atoms with van der Waals surface area (Å²) < 4.78 is 32.6. The average molecular weight is 481 g/mol. The summed E-state index contributed by atoms with van der Waals surface area (Å²) in [6, 6.07) is 21.6. The minimum atomic E-state index is -3.70. The highest BCUT2D eigenvalue weighted by atomic mass is 32.2. The molecule has 1 aromatic heterocycles. The van der Waals surface area contributed by atoms with E-state index in [1.165, 1.54) is 29.8 Å². The Kier molecular flexibility index (Phi) is 6.17. The number of hydrogen-bond donors (Lipinski definition) is 1. The van der Waals surface area contributed by atoms with Crippen molar-refractivity contribution in [2.24, 2.45) is 0 Å². The standard InChI is InChI=1S/C24H20N2O5S2/c1-26(33(29,30)20-6-4-3-5-7-20)19-12-13-21-17(14-19)15-22(32-21)23(27)25-18-10-8-16(9-11-18)24(28)31-2/h3-15H,1-2H3,(H,25,27). The van der Waals surface area contributed by atoms with Gasteiger partial charge in [-0.15, -0.1) is 11.3 Å². The quantitative estimate of drug-likeness (QED) is 0.402. The molecule has 0 spiro atoms. The molecule has 0 aliphatic heterocycles. The van der Waals surface area contributed by atoms with Crippen molar-refractivity contribution in [1.29, 1.82) is 0 Å². The van der Waals surface area contributed by atoms with Gasteiger partial charge in [-0.3, -0.25) is 9.10 Å². The fourth-order valence-electron chi connectivity index (χ4n) is 3.23. The zero-order valence-corrected chi connectivity index (χ0v) is 19.4. The minimum absolute atomic E-state index is 0.205. The van der Waals surface area contributed by atoms with E-state index >= 15 is 0 Å². The number of sulfonamides is 1. The smallest absolute Gasteiger partial charge is 0.337 e. The van der Waals surface area contributed by atoms with Crippen molar-refractivity contribution in [2.45, 2.75) is 4.90 Å². The van der Waals surface area contributed by atoms with Crippen LogP contribution in [0.3, 0.4) is 0 Å². The molecule has 9 heteroatoms. The predicted molar refractivity (Wildman–Crippen MR) is 130 cm³/mol. The summed E-state index contributed by atoms with van der Waals surface area (Å²) in [4.78, 5) is 24.9. The van der Waals surface area contributed by atoms with Crippen molar-refractivity contribution < 1.29 is 22.7 Å². The Morgan fingerprint density at radius 2 is 1.64 bits per heavy atom. The number of nitrogens with zero attached hydrogens (tertiary/aromatic N) is 1. The molecule has 4 rings (SSSR count). The van der Waals surface area contributed by atoms with E-state index in [0.717, 1.165) is 10.1 Å². The number of amides is 1. The third-order valence-corrected chi connectivity index (χ3v) is 7.97. The summed E-state index contributed by atoms with van der Waals surface area (Å²) in [5.41, 5.74) is 1.42. The lowest BCUT2D eigenvalue weighted by molar-refractivity contribution is 0.0600. The van der Waals surface area contributed by atoms with Crippen LogP contribution in [-0.2, 0) is 14.8 Å². The molecule has 0 saturated heterocycles. The van der Waals surface area contributed by atoms with Crippen LogP contribution in [0.4, 0.5) is 11.4 Å². The van der Waals surface area contributed by atoms with Crippen LogP contribution in [0.15, 0.2) is 83.8 Å². The SMILES string of the molecule is COC(=O)c1ccc(NC(=O)c2cc3cc(N(C)S(=O)(=O)c4ccccc4)ccc3s2)cc1. The first-order valence-electron chi connectivity index (χ1n) is 9.87. The van der Waals surface area contributed by atoms with E-state index in [4.69, 9.17) is 0 Å². The van der Waals surface area contributed by atoms with Gasteiger partial charge >= 0.3 is 5.97 Å². The molecule has 1 heterocycles. The van der Waals surface area contributed by atoms with Gasteiger partial charge in [-0.1, -0.05) is 18.2 Å². The molecule has 33 heavy (non-hydrogen) atoms. The largest absolute Gasteiger partial charge is 0.465 e. The van der Waals surface area contributed by atoms with Gasteiger partial charge in [0, 0.05) is 17.4 Å². The second-order valence-corrected chi connectivity index (χ2v) is 10.2. The highest BCUT2D eigenvalue weighted by Crippen LogP contribution is 2.31. The number of rotatable bonds is 6. The van der Waals surface area contributed by atoms with E-state index in [1.54, 1.807) is 78.9 Å². The fourth-order valence-corrected chi connectivity index (χ4v) is 5.37. The Balaban J connectivity index is 1.55. The van der Waals surface area contributed by atoms with Gasteiger partial charge in [0.15, 0.2) is 0 Å². The summed E-state index contributed by atoms with van der Waals surface area (Å²) in [5, 5.41) is 3.56. The fraction of sp³-hybridized carbons (Fsp3) is 0.0833. The van der Waals surface area contributed by atoms with Gasteiger partial charge in [0.2, 0.25) is 0 Å². The summed E-state index contributed by atoms with van der Waals surface area (Å²) in [7, 11) is -0.891. The van der Waals surface area contributed by atoms with Crippen molar-refractivity contribution in [1.82, 2.24) is 0 Å². The number of methoxy groups -OCH3 is 1. The van der Waals surface area contributed by atoms with Gasteiger partial charge in [0.1, 0.15) is 0 Å². The molecule has 0 aliphatic carbocycles. The van der Waals surface area contributed by atoms with Crippen molar-refractivity contribution in [3.8, 4) is 0 Å². The van der Waals surface area contributed by atoms with E-state index in [2.05, 4.69) is 10.1 Å². The number of anilines is 2. The van der Waals surface area contributed by atoms with Crippen molar-refractivity contribution in [2.75, 3.05) is 23.8 Å². The molecule has 0 fully saturated rings. The minimum Gasteiger partial charge on any atom is -0.465 e. The molecule has 7 nitrogen and oxygen atoms in total. The van der Waals surface area contributed by atoms with Gasteiger partial charge in [-0.05, 0) is 66.0 Å². The predicted octanol–water partition coefficient (Wildman–Crippen LogP) is 4.77. The van der Waals surface area contributed by atoms with Crippen LogP contribution in [-0.4, -0.2) is 34.5 Å². The first kappa shape index (κ1) is 22.5. The number of thiophene rings is 1. The molecular weight excluding hydrogens is 460 g/mol. The molecule has 4 aromatic rings. The summed E-state index contributed by atoms with van der Waals surface area (Å²) in [6.45, 7) is 0. The molecule has 0 unspecified atom stereocenters. The average Bonchev–Trinajstić information content (AvgIpc) is 3.27. The lowest BCUT2D eigenvalue weighted by Crippen LogP contribution is -2.26. The molecule has 0 radical (unpaired) electrons. The zero-order valence-electron chi connectivity index (χ0n) is 17.8. The Bertz CT molecular complexity index is 1430. The molecule has 0 atom stereocenters. The normalized spacial score (nSPS) is 11.2.